The Morgan fingerprint density at radius 1 is 0.385 bits per heavy atom. The van der Waals surface area contributed by atoms with Crippen LogP contribution in [-0.2, 0) is 12.8 Å². The first-order valence-electron chi connectivity index (χ1n) is 28.8. The third-order valence-corrected chi connectivity index (χ3v) is 19.7. The second kappa shape index (κ2) is 33.1. The summed E-state index contributed by atoms with van der Waals surface area (Å²) in [6.07, 6.45) is 3.41. The van der Waals surface area contributed by atoms with Crippen molar-refractivity contribution in [2.24, 2.45) is 34.4 Å². The van der Waals surface area contributed by atoms with Gasteiger partial charge >= 0.3 is 0 Å². The second-order valence-electron chi connectivity index (χ2n) is 21.1. The summed E-state index contributed by atoms with van der Waals surface area (Å²) in [6.45, 7) is 15.1. The van der Waals surface area contributed by atoms with E-state index in [0.29, 0.717) is 111 Å². The maximum Gasteiger partial charge on any atom is 0.263 e. The second-order valence-corrected chi connectivity index (χ2v) is 28.0. The van der Waals surface area contributed by atoms with Crippen LogP contribution in [-0.4, -0.2) is 115 Å². The minimum Gasteiger partial charge on any atom is -0.370 e. The van der Waals surface area contributed by atoms with Gasteiger partial charge in [-0.3, -0.25) is 50.4 Å². The number of guanidine groups is 4. The van der Waals surface area contributed by atoms with Crippen LogP contribution in [0.2, 0.25) is 0 Å². The Morgan fingerprint density at radius 3 is 1.05 bits per heavy atom. The molecule has 91 heavy (non-hydrogen) atoms. The molecular weight excluding hydrogens is 1290 g/mol. The maximum atomic E-state index is 14.8. The lowest BCUT2D eigenvalue weighted by atomic mass is 10.1. The fourth-order valence-electron chi connectivity index (χ4n) is 9.35. The number of amides is 6. The molecule has 0 aromatic carbocycles. The monoisotopic (exact) mass is 1370 g/mol. The number of carbonyl (C=O) groups is 6. The predicted molar refractivity (Wildman–Crippen MR) is 356 cm³/mol. The van der Waals surface area contributed by atoms with E-state index in [1.54, 1.807) is 55.4 Å². The van der Waals surface area contributed by atoms with E-state index < -0.39 is 71.7 Å². The number of nitrogens with zero attached hydrogens (tertiary/aromatic N) is 6. The van der Waals surface area contributed by atoms with Gasteiger partial charge in [0.2, 0.25) is 0 Å². The van der Waals surface area contributed by atoms with E-state index in [1.165, 1.54) is 11.3 Å². The van der Waals surface area contributed by atoms with Gasteiger partial charge in [-0.2, -0.15) is 0 Å². The molecule has 25 N–H and O–H groups in total. The molecule has 0 saturated heterocycles. The summed E-state index contributed by atoms with van der Waals surface area (Å²) in [7, 11) is 0. The molecule has 6 atom stereocenters. The number of aromatic nitrogens is 6. The van der Waals surface area contributed by atoms with E-state index in [1.807, 2.05) is 0 Å². The topological polar surface area (TPSA) is 540 Å². The summed E-state index contributed by atoms with van der Waals surface area (Å²) in [5, 5.41) is 59.7. The summed E-state index contributed by atoms with van der Waals surface area (Å²) < 4.78 is 0. The SMILES string of the molecule is Cc1nc([C@H](C)NC(=O)c2sc(CCCNC(=N)N)nc2[C@H](C)NC(=O)c2sc(C)nc2[C@H](CCCNC(=N)N)NC(=O)c2sc(C)nc2[C@H](C)NC(=O)c2sc(CCCNC(=N)N)nc2[C@H](C)NC(=O)c2sc(C)nc2[C@@H](N)CCCNC(=N)N)c(C(N)=O)s1. The van der Waals surface area contributed by atoms with Gasteiger partial charge in [-0.05, 0) is 93.9 Å². The average Bonchev–Trinajstić information content (AvgIpc) is 1.96. The summed E-state index contributed by atoms with van der Waals surface area (Å²) in [5.74, 6) is -4.18. The van der Waals surface area contributed by atoms with Crippen molar-refractivity contribution in [3.63, 3.8) is 0 Å². The average molecular weight is 1370 g/mol. The molecule has 0 aliphatic rings. The van der Waals surface area contributed by atoms with Gasteiger partial charge in [0, 0.05) is 45.1 Å². The van der Waals surface area contributed by atoms with E-state index in [-0.39, 0.29) is 84.0 Å². The highest BCUT2D eigenvalue weighted by atomic mass is 32.1. The zero-order valence-electron chi connectivity index (χ0n) is 51.5. The fourth-order valence-corrected chi connectivity index (χ4v) is 15.1. The summed E-state index contributed by atoms with van der Waals surface area (Å²) in [4.78, 5) is 114. The van der Waals surface area contributed by atoms with Gasteiger partial charge in [0.1, 0.15) is 29.3 Å². The van der Waals surface area contributed by atoms with Crippen molar-refractivity contribution < 1.29 is 28.8 Å². The van der Waals surface area contributed by atoms with Crippen LogP contribution in [0.5, 0.6) is 0 Å². The lowest BCUT2D eigenvalue weighted by Gasteiger charge is -2.20. The van der Waals surface area contributed by atoms with Crippen LogP contribution < -0.4 is 82.3 Å². The molecule has 0 aliphatic carbocycles. The van der Waals surface area contributed by atoms with Crippen molar-refractivity contribution >= 4 is 127 Å². The number of carbonyl (C=O) groups excluding carboxylic acids is 6. The lowest BCUT2D eigenvalue weighted by molar-refractivity contribution is 0.0913. The normalized spacial score (nSPS) is 13.2. The molecule has 6 heterocycles. The molecule has 0 bridgehead atoms. The molecule has 0 aliphatic heterocycles. The number of primary amides is 1. The molecule has 0 spiro atoms. The van der Waals surface area contributed by atoms with Crippen LogP contribution in [0.25, 0.3) is 0 Å². The van der Waals surface area contributed by atoms with Gasteiger partial charge in [0.15, 0.2) is 23.8 Å². The molecule has 0 radical (unpaired) electrons. The standard InChI is InChI=1S/C54H79N25O6S6/c1-21(33-39(45(56)80)86-25(5)73-33)69-46(81)41-36(79-32(90-41)16-12-20-68-54(63)64)24(4)72-49(84)44-38(76-28(8)89-44)30(14-10-18-66-52(59)60)77-50(85)40-34(74-26(6)87-40)22(2)70-47(82)42-35(78-31(91-42)15-11-19-67-53(61)62)23(3)71-48(83)43-37(75-27(7)88-43)29(55)13-9-17-65-51(57)58/h21-24,29-30H,9-20,55H2,1-8H3,(H2,56,80)(H,69,81)(H,70,82)(H,71,83)(H,72,84)(H,77,85)(H4,57,58,65)(H4,59,60,66)(H4,61,62,67)(H4,63,64,68)/t21-,22-,23-,24-,29-,30-/m0/s1. The number of aryl methyl sites for hydroxylation is 6. The van der Waals surface area contributed by atoms with Crippen molar-refractivity contribution in [2.75, 3.05) is 26.2 Å². The Balaban J connectivity index is 1.24. The van der Waals surface area contributed by atoms with E-state index in [2.05, 4.69) is 57.8 Å². The van der Waals surface area contributed by atoms with E-state index in [0.717, 1.165) is 56.7 Å². The molecule has 0 saturated carbocycles. The summed E-state index contributed by atoms with van der Waals surface area (Å²) >= 11 is 6.76. The fraction of sp³-hybridized carbons (Fsp3) is 0.481. The lowest BCUT2D eigenvalue weighted by Crippen LogP contribution is -2.35. The Hall–Kier alpha value is -8.36. The molecule has 31 nitrogen and oxygen atoms in total. The van der Waals surface area contributed by atoms with Crippen LogP contribution in [0.4, 0.5) is 0 Å². The van der Waals surface area contributed by atoms with E-state index in [4.69, 9.17) is 76.0 Å². The number of hydrogen-bond donors (Lipinski definition) is 19. The van der Waals surface area contributed by atoms with Gasteiger partial charge in [-0.15, -0.1) is 68.0 Å². The Kier molecular flexibility index (Phi) is 26.1. The van der Waals surface area contributed by atoms with Gasteiger partial charge in [-0.25, -0.2) is 29.9 Å². The quantitative estimate of drug-likeness (QED) is 0.0159. The van der Waals surface area contributed by atoms with Gasteiger partial charge in [-0.1, -0.05) is 0 Å². The van der Waals surface area contributed by atoms with Gasteiger partial charge in [0.25, 0.3) is 35.4 Å². The van der Waals surface area contributed by atoms with Crippen molar-refractivity contribution in [3.8, 4) is 0 Å². The Morgan fingerprint density at radius 2 is 0.670 bits per heavy atom. The third-order valence-electron chi connectivity index (χ3n) is 13.5. The molecule has 0 unspecified atom stereocenters. The van der Waals surface area contributed by atoms with E-state index >= 15 is 0 Å². The number of thiazole rings is 6. The molecule has 492 valence electrons. The highest BCUT2D eigenvalue weighted by Crippen LogP contribution is 2.34. The Bertz CT molecular complexity index is 3640. The predicted octanol–water partition coefficient (Wildman–Crippen LogP) is 3.55. The first kappa shape index (κ1) is 71.7. The van der Waals surface area contributed by atoms with Crippen molar-refractivity contribution in [3.05, 3.63) is 93.5 Å². The molecule has 6 rings (SSSR count). The highest BCUT2D eigenvalue weighted by Gasteiger charge is 2.34. The summed E-state index contributed by atoms with van der Waals surface area (Å²) in [6, 6.07) is -4.79. The van der Waals surface area contributed by atoms with Gasteiger partial charge in [0.05, 0.1) is 94.4 Å². The van der Waals surface area contributed by atoms with Crippen molar-refractivity contribution in [1.29, 1.82) is 21.6 Å². The Labute approximate surface area is 549 Å². The zero-order valence-corrected chi connectivity index (χ0v) is 56.4. The maximum absolute atomic E-state index is 14.8. The zero-order chi connectivity index (χ0) is 67.0. The van der Waals surface area contributed by atoms with Crippen LogP contribution in [0.3, 0.4) is 0 Å². The number of nitrogens with two attached hydrogens (primary N) is 6. The molecule has 37 heteroatoms. The first-order chi connectivity index (χ1) is 43.0. The molecule has 0 fully saturated rings. The smallest absolute Gasteiger partial charge is 0.263 e. The number of nitrogens with one attached hydrogen (secondary N) is 13. The minimum absolute atomic E-state index is 0.162. The van der Waals surface area contributed by atoms with E-state index in [9.17, 15) is 28.8 Å². The van der Waals surface area contributed by atoms with Crippen molar-refractivity contribution in [1.82, 2.24) is 77.8 Å². The minimum atomic E-state index is -0.907. The van der Waals surface area contributed by atoms with Gasteiger partial charge < -0.3 is 82.3 Å². The van der Waals surface area contributed by atoms with Crippen LogP contribution in [0.15, 0.2) is 0 Å². The largest absolute Gasteiger partial charge is 0.370 e. The highest BCUT2D eigenvalue weighted by molar-refractivity contribution is 7.15. The number of rotatable bonds is 33. The molecule has 6 amide bonds. The van der Waals surface area contributed by atoms with Crippen LogP contribution in [0, 0.1) is 49.3 Å². The third kappa shape index (κ3) is 20.3. The molecule has 6 aromatic heterocycles. The molecule has 6 aromatic rings. The van der Waals surface area contributed by atoms with Crippen LogP contribution >= 0.6 is 68.0 Å². The summed E-state index contributed by atoms with van der Waals surface area (Å²) in [5.41, 5.74) is 36.0. The first-order valence-corrected chi connectivity index (χ1v) is 33.7. The number of hydrogen-bond acceptors (Lipinski definition) is 23. The molecular formula is C54H79N25O6S6. The van der Waals surface area contributed by atoms with Crippen LogP contribution in [0.1, 0.15) is 225 Å². The van der Waals surface area contributed by atoms with Crippen molar-refractivity contribution in [2.45, 2.75) is 143 Å².